The van der Waals surface area contributed by atoms with E-state index in [2.05, 4.69) is 21.2 Å². The molecule has 0 bridgehead atoms. The fourth-order valence-electron chi connectivity index (χ4n) is 4.85. The van der Waals surface area contributed by atoms with Gasteiger partial charge in [0.15, 0.2) is 5.82 Å². The molecule has 1 atom stereocenters. The van der Waals surface area contributed by atoms with Gasteiger partial charge in [0.2, 0.25) is 5.91 Å². The lowest BCUT2D eigenvalue weighted by Gasteiger charge is -2.40. The summed E-state index contributed by atoms with van der Waals surface area (Å²) < 4.78 is 39.0. The van der Waals surface area contributed by atoms with Crippen molar-refractivity contribution < 1.29 is 18.0 Å². The summed E-state index contributed by atoms with van der Waals surface area (Å²) in [4.78, 5) is 17.0. The Morgan fingerprint density at radius 3 is 2.26 bits per heavy atom. The molecule has 1 aliphatic rings. The Morgan fingerprint density at radius 1 is 0.974 bits per heavy atom. The van der Waals surface area contributed by atoms with E-state index in [1.807, 2.05) is 36.1 Å². The molecule has 5 rings (SSSR count). The minimum Gasteiger partial charge on any atom is -0.351 e. The maximum absolute atomic E-state index is 13.0. The Morgan fingerprint density at radius 2 is 1.64 bits per heavy atom. The van der Waals surface area contributed by atoms with Crippen LogP contribution in [0, 0.1) is 11.3 Å². The lowest BCUT2D eigenvalue weighted by Crippen LogP contribution is -2.54. The zero-order valence-corrected chi connectivity index (χ0v) is 21.8. The van der Waals surface area contributed by atoms with Gasteiger partial charge in [0.1, 0.15) is 5.69 Å². The van der Waals surface area contributed by atoms with E-state index in [9.17, 15) is 18.0 Å². The molecule has 0 aliphatic carbocycles. The first-order chi connectivity index (χ1) is 18.2. The average molecular weight is 552 g/mol. The molecule has 39 heavy (non-hydrogen) atoms. The number of piperazine rings is 1. The molecule has 10 heteroatoms. The number of hydrogen-bond acceptors (Lipinski definition) is 5. The molecule has 0 saturated carbocycles. The van der Waals surface area contributed by atoms with Crippen LogP contribution in [0.3, 0.4) is 0 Å². The fourth-order valence-corrected chi connectivity index (χ4v) is 4.85. The number of anilines is 1. The number of alkyl halides is 3. The molecule has 1 fully saturated rings. The van der Waals surface area contributed by atoms with Crippen LogP contribution in [0.1, 0.15) is 23.6 Å². The number of benzene rings is 3. The highest BCUT2D eigenvalue weighted by Gasteiger charge is 2.31. The van der Waals surface area contributed by atoms with Gasteiger partial charge in [0.25, 0.3) is 0 Å². The smallest absolute Gasteiger partial charge is 0.351 e. The predicted molar refractivity (Wildman–Crippen MR) is 145 cm³/mol. The highest BCUT2D eigenvalue weighted by Crippen LogP contribution is 2.34. The van der Waals surface area contributed by atoms with E-state index < -0.39 is 11.7 Å². The van der Waals surface area contributed by atoms with E-state index in [0.717, 1.165) is 28.5 Å². The topological polar surface area (TPSA) is 73.1 Å². The van der Waals surface area contributed by atoms with Crippen molar-refractivity contribution in [3.8, 4) is 17.3 Å². The first-order valence-electron chi connectivity index (χ1n) is 12.2. The van der Waals surface area contributed by atoms with Crippen LogP contribution < -0.4 is 4.90 Å². The molecule has 1 saturated heterocycles. The van der Waals surface area contributed by atoms with E-state index in [1.54, 1.807) is 24.3 Å². The Kier molecular flexibility index (Phi) is 8.07. The molecule has 0 spiro atoms. The number of hydrogen-bond donors (Lipinski definition) is 0. The number of halogens is 4. The summed E-state index contributed by atoms with van der Waals surface area (Å²) in [5, 5.41) is 19.5. The molecular formula is C29H25ClF3N5O. The largest absolute Gasteiger partial charge is 0.416 e. The molecule has 1 aliphatic heterocycles. The second-order valence-corrected chi connectivity index (χ2v) is 9.36. The van der Waals surface area contributed by atoms with E-state index in [0.29, 0.717) is 42.3 Å². The van der Waals surface area contributed by atoms with Crippen LogP contribution in [0.5, 0.6) is 0 Å². The average Bonchev–Trinajstić information content (AvgIpc) is 2.92. The summed E-state index contributed by atoms with van der Waals surface area (Å²) in [5.41, 5.74) is 1.78. The Hall–Kier alpha value is -4.16. The summed E-state index contributed by atoms with van der Waals surface area (Å²) in [7, 11) is 0. The van der Waals surface area contributed by atoms with Crippen molar-refractivity contribution >= 4 is 34.9 Å². The van der Waals surface area contributed by atoms with Gasteiger partial charge in [-0.15, -0.1) is 22.6 Å². The van der Waals surface area contributed by atoms with Crippen LogP contribution in [0.2, 0.25) is 0 Å². The molecule has 0 radical (unpaired) electrons. The molecule has 2 heterocycles. The molecule has 4 aromatic rings. The molecule has 0 unspecified atom stereocenters. The molecule has 6 nitrogen and oxygen atoms in total. The van der Waals surface area contributed by atoms with Crippen molar-refractivity contribution in [2.24, 2.45) is 0 Å². The molecule has 1 amide bonds. The van der Waals surface area contributed by atoms with Crippen LogP contribution in [-0.2, 0) is 17.4 Å². The number of amides is 1. The third-order valence-corrected chi connectivity index (χ3v) is 6.84. The maximum atomic E-state index is 13.0. The first-order valence-corrected chi connectivity index (χ1v) is 12.2. The van der Waals surface area contributed by atoms with Crippen molar-refractivity contribution in [2.75, 3.05) is 24.5 Å². The van der Waals surface area contributed by atoms with Gasteiger partial charge in [-0.05, 0) is 36.8 Å². The number of carbonyl (C=O) groups excluding carboxylic acids is 1. The standard InChI is InChI=1S/C29H24F3N5O.ClH/c1-19-18-36(14-15-37(19)26(38)16-20-6-8-21(17-33)9-7-20)28-25-5-3-2-4-24(25)27(34-35-28)22-10-12-23(13-11-22)29(30,31)32;/h2-13,19H,14-16,18H2,1H3;1H/t19-;/m0./s1. The van der Waals surface area contributed by atoms with Crippen molar-refractivity contribution in [2.45, 2.75) is 25.6 Å². The zero-order valence-electron chi connectivity index (χ0n) is 21.0. The second-order valence-electron chi connectivity index (χ2n) is 9.36. The third-order valence-electron chi connectivity index (χ3n) is 6.84. The SMILES string of the molecule is C[C@H]1CN(c2nnc(-c3ccc(C(F)(F)F)cc3)c3ccccc23)CCN1C(=O)Cc1ccc(C#N)cc1.Cl. The van der Waals surface area contributed by atoms with E-state index >= 15 is 0 Å². The molecule has 0 N–H and O–H groups in total. The predicted octanol–water partition coefficient (Wildman–Crippen LogP) is 5.89. The van der Waals surface area contributed by atoms with Gasteiger partial charge in [-0.2, -0.15) is 18.4 Å². The van der Waals surface area contributed by atoms with E-state index in [1.165, 1.54) is 12.1 Å². The minimum atomic E-state index is -4.40. The number of aromatic nitrogens is 2. The summed E-state index contributed by atoms with van der Waals surface area (Å²) >= 11 is 0. The Labute approximate surface area is 230 Å². The third kappa shape index (κ3) is 5.81. The maximum Gasteiger partial charge on any atom is 0.416 e. The Balaban J connectivity index is 0.00000353. The van der Waals surface area contributed by atoms with Crippen molar-refractivity contribution in [1.82, 2.24) is 15.1 Å². The first kappa shape index (κ1) is 27.9. The Bertz CT molecular complexity index is 1520. The summed E-state index contributed by atoms with van der Waals surface area (Å²) in [6, 6.07) is 21.6. The van der Waals surface area contributed by atoms with E-state index in [-0.39, 0.29) is 30.8 Å². The normalized spacial score (nSPS) is 15.5. The highest BCUT2D eigenvalue weighted by molar-refractivity contribution is 6.00. The van der Waals surface area contributed by atoms with E-state index in [4.69, 9.17) is 5.26 Å². The van der Waals surface area contributed by atoms with Crippen molar-refractivity contribution in [3.05, 3.63) is 89.5 Å². The van der Waals surface area contributed by atoms with Crippen molar-refractivity contribution in [3.63, 3.8) is 0 Å². The number of fused-ring (bicyclic) bond motifs is 1. The zero-order chi connectivity index (χ0) is 26.9. The van der Waals surface area contributed by atoms with Gasteiger partial charge in [-0.25, -0.2) is 0 Å². The number of carbonyl (C=O) groups is 1. The highest BCUT2D eigenvalue weighted by atomic mass is 35.5. The molecular weight excluding hydrogens is 527 g/mol. The van der Waals surface area contributed by atoms with Crippen LogP contribution >= 0.6 is 12.4 Å². The summed E-state index contributed by atoms with van der Waals surface area (Å²) in [6.07, 6.45) is -4.14. The van der Waals surface area contributed by atoms with Gasteiger partial charge in [0, 0.05) is 42.0 Å². The van der Waals surface area contributed by atoms with Gasteiger partial charge >= 0.3 is 6.18 Å². The molecule has 200 valence electrons. The van der Waals surface area contributed by atoms with Crippen LogP contribution in [0.15, 0.2) is 72.8 Å². The lowest BCUT2D eigenvalue weighted by molar-refractivity contribution is -0.137. The van der Waals surface area contributed by atoms with Gasteiger partial charge in [-0.1, -0.05) is 48.5 Å². The minimum absolute atomic E-state index is 0. The number of nitriles is 1. The molecule has 1 aromatic heterocycles. The van der Waals surface area contributed by atoms with Gasteiger partial charge < -0.3 is 9.80 Å². The van der Waals surface area contributed by atoms with Gasteiger partial charge in [-0.3, -0.25) is 4.79 Å². The van der Waals surface area contributed by atoms with Crippen LogP contribution in [0.4, 0.5) is 19.0 Å². The monoisotopic (exact) mass is 551 g/mol. The summed E-state index contributed by atoms with van der Waals surface area (Å²) in [5.74, 6) is 0.706. The second kappa shape index (κ2) is 11.3. The van der Waals surface area contributed by atoms with Crippen molar-refractivity contribution in [1.29, 1.82) is 5.26 Å². The lowest BCUT2D eigenvalue weighted by atomic mass is 10.0. The van der Waals surface area contributed by atoms with Crippen LogP contribution in [-0.4, -0.2) is 46.7 Å². The quantitative estimate of drug-likeness (QED) is 0.316. The number of nitrogens with zero attached hydrogens (tertiary/aromatic N) is 5. The summed E-state index contributed by atoms with van der Waals surface area (Å²) in [6.45, 7) is 3.65. The van der Waals surface area contributed by atoms with Crippen LogP contribution in [0.25, 0.3) is 22.0 Å². The molecule has 3 aromatic carbocycles. The van der Waals surface area contributed by atoms with Gasteiger partial charge in [0.05, 0.1) is 23.6 Å². The number of rotatable bonds is 4. The fraction of sp³-hybridized carbons (Fsp3) is 0.241.